The fourth-order valence-electron chi connectivity index (χ4n) is 3.96. The molecule has 6 nitrogen and oxygen atoms in total. The van der Waals surface area contributed by atoms with Crippen molar-refractivity contribution in [1.82, 2.24) is 14.7 Å². The predicted octanol–water partition coefficient (Wildman–Crippen LogP) is 4.83. The third-order valence-corrected chi connectivity index (χ3v) is 6.84. The minimum absolute atomic E-state index is 0.0407. The number of halogens is 1. The zero-order valence-corrected chi connectivity index (χ0v) is 18.7. The Labute approximate surface area is 194 Å². The van der Waals surface area contributed by atoms with E-state index in [1.54, 1.807) is 53.9 Å². The lowest BCUT2D eigenvalue weighted by Gasteiger charge is -2.28. The van der Waals surface area contributed by atoms with Crippen LogP contribution in [0, 0.1) is 12.7 Å². The molecule has 0 unspecified atom stereocenters. The molecule has 0 saturated carbocycles. The van der Waals surface area contributed by atoms with Gasteiger partial charge >= 0.3 is 0 Å². The molecule has 1 aliphatic rings. The summed E-state index contributed by atoms with van der Waals surface area (Å²) in [5.74, 6) is -0.764. The summed E-state index contributed by atoms with van der Waals surface area (Å²) in [6.45, 7) is 3.12. The van der Waals surface area contributed by atoms with Gasteiger partial charge in [0.25, 0.3) is 11.8 Å². The molecule has 2 amide bonds. The molecule has 4 aromatic rings. The van der Waals surface area contributed by atoms with Gasteiger partial charge in [-0.15, -0.1) is 11.3 Å². The average molecular weight is 461 g/mol. The van der Waals surface area contributed by atoms with Gasteiger partial charge in [0.2, 0.25) is 0 Å². The van der Waals surface area contributed by atoms with Gasteiger partial charge in [-0.25, -0.2) is 9.07 Å². The summed E-state index contributed by atoms with van der Waals surface area (Å²) in [5, 5.41) is 9.22. The van der Waals surface area contributed by atoms with Crippen LogP contribution in [0.1, 0.15) is 36.9 Å². The second-order valence-corrected chi connectivity index (χ2v) is 8.90. The summed E-state index contributed by atoms with van der Waals surface area (Å²) < 4.78 is 14.7. The SMILES string of the molecule is Cc1c(NC(=O)c2ccn(-c3ccc(F)cc3)n2)cccc1C(=O)N1CCc2sccc2C1. The van der Waals surface area contributed by atoms with Crippen LogP contribution in [0.3, 0.4) is 0 Å². The number of hydrogen-bond donors (Lipinski definition) is 1. The molecule has 1 N–H and O–H groups in total. The van der Waals surface area contributed by atoms with Gasteiger partial charge in [-0.1, -0.05) is 6.07 Å². The third kappa shape index (κ3) is 4.17. The van der Waals surface area contributed by atoms with Gasteiger partial charge in [-0.3, -0.25) is 9.59 Å². The van der Waals surface area contributed by atoms with Gasteiger partial charge in [0, 0.05) is 35.4 Å². The number of amides is 2. The highest BCUT2D eigenvalue weighted by molar-refractivity contribution is 7.10. The maximum Gasteiger partial charge on any atom is 0.276 e. The smallest absolute Gasteiger partial charge is 0.276 e. The Kier molecular flexibility index (Phi) is 5.51. The third-order valence-electron chi connectivity index (χ3n) is 5.82. The second kappa shape index (κ2) is 8.63. The van der Waals surface area contributed by atoms with Crippen LogP contribution in [0.2, 0.25) is 0 Å². The topological polar surface area (TPSA) is 67.2 Å². The molecule has 2 aromatic heterocycles. The average Bonchev–Trinajstić information content (AvgIpc) is 3.50. The first kappa shape index (κ1) is 21.1. The Hall–Kier alpha value is -3.78. The van der Waals surface area contributed by atoms with Crippen LogP contribution >= 0.6 is 11.3 Å². The first-order valence-corrected chi connectivity index (χ1v) is 11.4. The number of thiophene rings is 1. The predicted molar refractivity (Wildman–Crippen MR) is 125 cm³/mol. The van der Waals surface area contributed by atoms with Gasteiger partial charge in [-0.2, -0.15) is 5.10 Å². The zero-order chi connectivity index (χ0) is 22.9. The Morgan fingerprint density at radius 1 is 1.09 bits per heavy atom. The number of carbonyl (C=O) groups excluding carboxylic acids is 2. The molecule has 166 valence electrons. The first-order chi connectivity index (χ1) is 16.0. The second-order valence-electron chi connectivity index (χ2n) is 7.90. The zero-order valence-electron chi connectivity index (χ0n) is 17.9. The maximum absolute atomic E-state index is 13.2. The Bertz CT molecular complexity index is 1340. The van der Waals surface area contributed by atoms with Gasteiger partial charge in [0.15, 0.2) is 5.69 Å². The molecule has 0 aliphatic carbocycles. The van der Waals surface area contributed by atoms with Crippen molar-refractivity contribution in [3.8, 4) is 5.69 Å². The Morgan fingerprint density at radius 2 is 1.91 bits per heavy atom. The Balaban J connectivity index is 1.33. The first-order valence-electron chi connectivity index (χ1n) is 10.6. The number of fused-ring (bicyclic) bond motifs is 1. The summed E-state index contributed by atoms with van der Waals surface area (Å²) in [4.78, 5) is 29.2. The highest BCUT2D eigenvalue weighted by Crippen LogP contribution is 2.27. The van der Waals surface area contributed by atoms with Gasteiger partial charge in [0.1, 0.15) is 5.82 Å². The summed E-state index contributed by atoms with van der Waals surface area (Å²) in [6, 6.07) is 14.9. The van der Waals surface area contributed by atoms with Crippen LogP contribution < -0.4 is 5.32 Å². The Morgan fingerprint density at radius 3 is 2.73 bits per heavy atom. The van der Waals surface area contributed by atoms with E-state index in [-0.39, 0.29) is 23.3 Å². The molecule has 0 spiro atoms. The number of rotatable bonds is 4. The quantitative estimate of drug-likeness (QED) is 0.474. The molecule has 0 radical (unpaired) electrons. The molecule has 5 rings (SSSR count). The van der Waals surface area contributed by atoms with Crippen LogP contribution in [0.15, 0.2) is 66.2 Å². The van der Waals surface area contributed by atoms with Crippen molar-refractivity contribution in [2.75, 3.05) is 11.9 Å². The molecule has 1 aliphatic heterocycles. The van der Waals surface area contributed by atoms with E-state index in [4.69, 9.17) is 0 Å². The highest BCUT2D eigenvalue weighted by atomic mass is 32.1. The van der Waals surface area contributed by atoms with Crippen molar-refractivity contribution in [2.45, 2.75) is 19.9 Å². The lowest BCUT2D eigenvalue weighted by atomic mass is 10.0. The van der Waals surface area contributed by atoms with E-state index < -0.39 is 0 Å². The van der Waals surface area contributed by atoms with Gasteiger partial charge in [-0.05, 0) is 78.4 Å². The van der Waals surface area contributed by atoms with Crippen LogP contribution in [0.25, 0.3) is 5.69 Å². The highest BCUT2D eigenvalue weighted by Gasteiger charge is 2.24. The molecular weight excluding hydrogens is 439 g/mol. The molecule has 0 fully saturated rings. The molecule has 33 heavy (non-hydrogen) atoms. The van der Waals surface area contributed by atoms with Crippen LogP contribution in [0.5, 0.6) is 0 Å². The van der Waals surface area contributed by atoms with Crippen molar-refractivity contribution >= 4 is 28.8 Å². The maximum atomic E-state index is 13.2. The summed E-state index contributed by atoms with van der Waals surface area (Å²) in [7, 11) is 0. The van der Waals surface area contributed by atoms with E-state index in [1.165, 1.54) is 27.3 Å². The molecule has 0 saturated heterocycles. The van der Waals surface area contributed by atoms with Crippen molar-refractivity contribution < 1.29 is 14.0 Å². The molecule has 0 atom stereocenters. The van der Waals surface area contributed by atoms with E-state index in [0.717, 1.165) is 6.42 Å². The van der Waals surface area contributed by atoms with Crippen LogP contribution in [-0.4, -0.2) is 33.0 Å². The molecule has 3 heterocycles. The van der Waals surface area contributed by atoms with E-state index >= 15 is 0 Å². The van der Waals surface area contributed by atoms with E-state index in [1.807, 2.05) is 11.8 Å². The van der Waals surface area contributed by atoms with Crippen LogP contribution in [0.4, 0.5) is 10.1 Å². The van der Waals surface area contributed by atoms with Crippen molar-refractivity contribution in [3.05, 3.63) is 99.3 Å². The van der Waals surface area contributed by atoms with Gasteiger partial charge < -0.3 is 10.2 Å². The minimum atomic E-state index is -0.385. The van der Waals surface area contributed by atoms with E-state index in [2.05, 4.69) is 21.9 Å². The van der Waals surface area contributed by atoms with E-state index in [9.17, 15) is 14.0 Å². The molecular formula is C25H21FN4O2S. The standard InChI is InChI=1S/C25H21FN4O2S/c1-16-20(25(32)29-12-10-23-17(15-29)11-14-33-23)3-2-4-21(16)27-24(31)22-9-13-30(28-22)19-7-5-18(26)6-8-19/h2-9,11,13-14H,10,12,15H2,1H3,(H,27,31). The lowest BCUT2D eigenvalue weighted by molar-refractivity contribution is 0.0735. The minimum Gasteiger partial charge on any atom is -0.334 e. The monoisotopic (exact) mass is 460 g/mol. The van der Waals surface area contributed by atoms with Crippen molar-refractivity contribution in [3.63, 3.8) is 0 Å². The summed E-state index contributed by atoms with van der Waals surface area (Å²) >= 11 is 1.74. The number of hydrogen-bond acceptors (Lipinski definition) is 4. The number of nitrogens with zero attached hydrogens (tertiary/aromatic N) is 3. The number of benzene rings is 2. The van der Waals surface area contributed by atoms with Crippen molar-refractivity contribution in [2.24, 2.45) is 0 Å². The lowest BCUT2D eigenvalue weighted by Crippen LogP contribution is -2.35. The number of carbonyl (C=O) groups is 2. The molecule has 2 aromatic carbocycles. The summed E-state index contributed by atoms with van der Waals surface area (Å²) in [5.41, 5.74) is 3.92. The van der Waals surface area contributed by atoms with Crippen molar-refractivity contribution in [1.29, 1.82) is 0 Å². The largest absolute Gasteiger partial charge is 0.334 e. The fourth-order valence-corrected chi connectivity index (χ4v) is 4.85. The van der Waals surface area contributed by atoms with Gasteiger partial charge in [0.05, 0.1) is 5.69 Å². The number of aromatic nitrogens is 2. The summed E-state index contributed by atoms with van der Waals surface area (Å²) in [6.07, 6.45) is 2.51. The molecule has 0 bridgehead atoms. The fraction of sp³-hybridized carbons (Fsp3) is 0.160. The normalized spacial score (nSPS) is 13.0. The van der Waals surface area contributed by atoms with Crippen LogP contribution in [-0.2, 0) is 13.0 Å². The molecule has 8 heteroatoms. The van der Waals surface area contributed by atoms with E-state index in [0.29, 0.717) is 35.6 Å². The number of anilines is 1. The number of nitrogens with one attached hydrogen (secondary N) is 1.